The van der Waals surface area contributed by atoms with Crippen LogP contribution in [0.1, 0.15) is 136 Å². The lowest BCUT2D eigenvalue weighted by Crippen LogP contribution is -2.37. The van der Waals surface area contributed by atoms with Gasteiger partial charge in [0.05, 0.1) is 27.7 Å². The first kappa shape index (κ1) is 40.0. The van der Waals surface area contributed by atoms with Crippen molar-refractivity contribution in [3.63, 3.8) is 0 Å². The fraction of sp³-hybridized carbons (Fsp3) is 0.935. The molecule has 0 aliphatic heterocycles. The third-order valence-corrected chi connectivity index (χ3v) is 7.87. The number of phosphoric acid groups is 1. The number of rotatable bonds is 29. The zero-order valence-electron chi connectivity index (χ0n) is 27.0. The van der Waals surface area contributed by atoms with E-state index in [0.717, 1.165) is 38.5 Å². The predicted octanol–water partition coefficient (Wildman–Crippen LogP) is 7.73. The zero-order chi connectivity index (χ0) is 30.8. The molecule has 1 N–H and O–H groups in total. The van der Waals surface area contributed by atoms with Crippen molar-refractivity contribution < 1.29 is 42.1 Å². The van der Waals surface area contributed by atoms with Gasteiger partial charge in [-0.25, -0.2) is 4.57 Å². The van der Waals surface area contributed by atoms with Crippen LogP contribution < -0.4 is 0 Å². The molecule has 0 rings (SSSR count). The fourth-order valence-corrected chi connectivity index (χ4v) is 4.99. The number of carbonyl (C=O) groups excluding carboxylic acids is 2. The summed E-state index contributed by atoms with van der Waals surface area (Å²) in [6.45, 7) is 4.27. The molecule has 0 aliphatic carbocycles. The number of likely N-dealkylation sites (N-methyl/N-ethyl adjacent to an activating group) is 1. The quantitative estimate of drug-likeness (QED) is 0.0398. The maximum Gasteiger partial charge on any atom is 0.472 e. The Hall–Kier alpha value is -0.990. The molecule has 0 aromatic heterocycles. The Morgan fingerprint density at radius 1 is 0.659 bits per heavy atom. The van der Waals surface area contributed by atoms with Gasteiger partial charge >= 0.3 is 19.8 Å². The monoisotopic (exact) mass is 608 g/mol. The standard InChI is InChI=1S/C31H62NO8P/c1-6-8-10-12-13-14-15-16-17-18-19-20-22-24-31(34)40-29(27-37-30(33)23-21-11-9-7-2)28-39-41(35,36)38-26-25-32(3,4)5/h29H,6-28H2,1-5H3/p+1. The number of ether oxygens (including phenoxy) is 2. The summed E-state index contributed by atoms with van der Waals surface area (Å²) in [4.78, 5) is 34.6. The van der Waals surface area contributed by atoms with Crippen LogP contribution in [0.5, 0.6) is 0 Å². The van der Waals surface area contributed by atoms with Gasteiger partial charge in [0.25, 0.3) is 0 Å². The van der Waals surface area contributed by atoms with Crippen LogP contribution in [0.2, 0.25) is 0 Å². The van der Waals surface area contributed by atoms with Gasteiger partial charge in [0, 0.05) is 12.8 Å². The summed E-state index contributed by atoms with van der Waals surface area (Å²) >= 11 is 0. The van der Waals surface area contributed by atoms with Gasteiger partial charge in [0.2, 0.25) is 0 Å². The van der Waals surface area contributed by atoms with Crippen LogP contribution in [0, 0.1) is 0 Å². The van der Waals surface area contributed by atoms with Crippen LogP contribution in [0.4, 0.5) is 0 Å². The molecule has 0 bridgehead atoms. The summed E-state index contributed by atoms with van der Waals surface area (Å²) in [5, 5.41) is 0. The summed E-state index contributed by atoms with van der Waals surface area (Å²) in [5.41, 5.74) is 0. The average molecular weight is 609 g/mol. The second-order valence-electron chi connectivity index (χ2n) is 12.2. The highest BCUT2D eigenvalue weighted by Gasteiger charge is 2.27. The van der Waals surface area contributed by atoms with Crippen LogP contribution in [0.15, 0.2) is 0 Å². The molecule has 0 aromatic rings. The number of nitrogens with zero attached hydrogens (tertiary/aromatic N) is 1. The van der Waals surface area contributed by atoms with E-state index in [9.17, 15) is 19.0 Å². The van der Waals surface area contributed by atoms with E-state index in [2.05, 4.69) is 13.8 Å². The fourth-order valence-electron chi connectivity index (χ4n) is 4.25. The summed E-state index contributed by atoms with van der Waals surface area (Å²) in [6, 6.07) is 0. The maximum absolute atomic E-state index is 12.5. The molecule has 0 radical (unpaired) electrons. The Labute approximate surface area is 251 Å². The van der Waals surface area contributed by atoms with E-state index >= 15 is 0 Å². The van der Waals surface area contributed by atoms with E-state index in [1.54, 1.807) is 0 Å². The normalized spacial score (nSPS) is 14.0. The van der Waals surface area contributed by atoms with Crippen LogP contribution >= 0.6 is 7.82 Å². The third-order valence-electron chi connectivity index (χ3n) is 6.89. The molecule has 0 amide bonds. The minimum Gasteiger partial charge on any atom is -0.462 e. The van der Waals surface area contributed by atoms with Crippen LogP contribution in [0.3, 0.4) is 0 Å². The SMILES string of the molecule is CCCCCCCCCCCCCCCC(=O)OC(COC(=O)CCCCCC)COP(=O)(O)OCC[N+](C)(C)C. The second kappa shape index (κ2) is 25.5. The molecule has 244 valence electrons. The molecule has 9 nitrogen and oxygen atoms in total. The second-order valence-corrected chi connectivity index (χ2v) is 13.7. The smallest absolute Gasteiger partial charge is 0.462 e. The van der Waals surface area contributed by atoms with Gasteiger partial charge in [-0.1, -0.05) is 110 Å². The minimum absolute atomic E-state index is 0.0352. The number of phosphoric ester groups is 1. The molecule has 0 aliphatic rings. The minimum atomic E-state index is -4.34. The average Bonchev–Trinajstić information content (AvgIpc) is 2.90. The van der Waals surface area contributed by atoms with E-state index < -0.39 is 26.5 Å². The summed E-state index contributed by atoms with van der Waals surface area (Å²) in [6.07, 6.45) is 19.2. The topological polar surface area (TPSA) is 108 Å². The first-order chi connectivity index (χ1) is 19.5. The van der Waals surface area contributed by atoms with Crippen molar-refractivity contribution in [1.82, 2.24) is 0 Å². The Bertz CT molecular complexity index is 698. The van der Waals surface area contributed by atoms with Gasteiger partial charge in [-0.05, 0) is 12.8 Å². The molecule has 10 heteroatoms. The number of esters is 2. The summed E-state index contributed by atoms with van der Waals surface area (Å²) < 4.78 is 33.7. The van der Waals surface area contributed by atoms with Gasteiger partial charge in [-0.2, -0.15) is 0 Å². The highest BCUT2D eigenvalue weighted by Crippen LogP contribution is 2.43. The van der Waals surface area contributed by atoms with Crippen molar-refractivity contribution in [3.8, 4) is 0 Å². The zero-order valence-corrected chi connectivity index (χ0v) is 27.9. The van der Waals surface area contributed by atoms with Crippen molar-refractivity contribution in [3.05, 3.63) is 0 Å². The molecular weight excluding hydrogens is 545 g/mol. The first-order valence-corrected chi connectivity index (χ1v) is 17.8. The van der Waals surface area contributed by atoms with E-state index in [4.69, 9.17) is 18.5 Å². The van der Waals surface area contributed by atoms with Crippen LogP contribution in [-0.4, -0.2) is 74.9 Å². The van der Waals surface area contributed by atoms with Crippen molar-refractivity contribution in [2.75, 3.05) is 47.5 Å². The summed E-state index contributed by atoms with van der Waals surface area (Å²) in [7, 11) is 1.48. The summed E-state index contributed by atoms with van der Waals surface area (Å²) in [5.74, 6) is -0.815. The van der Waals surface area contributed by atoms with Crippen LogP contribution in [0.25, 0.3) is 0 Å². The molecule has 0 saturated carbocycles. The third kappa shape index (κ3) is 28.9. The maximum atomic E-state index is 12.5. The van der Waals surface area contributed by atoms with Crippen molar-refractivity contribution in [1.29, 1.82) is 0 Å². The lowest BCUT2D eigenvalue weighted by molar-refractivity contribution is -0.870. The lowest BCUT2D eigenvalue weighted by Gasteiger charge is -2.24. The van der Waals surface area contributed by atoms with Crippen molar-refractivity contribution in [2.45, 2.75) is 142 Å². The number of hydrogen-bond donors (Lipinski definition) is 1. The number of unbranched alkanes of at least 4 members (excludes halogenated alkanes) is 15. The van der Waals surface area contributed by atoms with Gasteiger partial charge in [-0.15, -0.1) is 0 Å². The van der Waals surface area contributed by atoms with Gasteiger partial charge < -0.3 is 18.9 Å². The van der Waals surface area contributed by atoms with E-state index in [-0.39, 0.29) is 32.0 Å². The Morgan fingerprint density at radius 2 is 1.10 bits per heavy atom. The van der Waals surface area contributed by atoms with E-state index in [1.807, 2.05) is 21.1 Å². The molecule has 0 aromatic carbocycles. The van der Waals surface area contributed by atoms with Crippen molar-refractivity contribution >= 4 is 19.8 Å². The number of hydrogen-bond acceptors (Lipinski definition) is 7. The van der Waals surface area contributed by atoms with Gasteiger partial charge in [-0.3, -0.25) is 18.6 Å². The van der Waals surface area contributed by atoms with Crippen LogP contribution in [-0.2, 0) is 32.7 Å². The molecule has 0 saturated heterocycles. The molecule has 41 heavy (non-hydrogen) atoms. The Morgan fingerprint density at radius 3 is 1.59 bits per heavy atom. The van der Waals surface area contributed by atoms with E-state index in [1.165, 1.54) is 64.2 Å². The molecule has 2 atom stereocenters. The highest BCUT2D eigenvalue weighted by molar-refractivity contribution is 7.47. The highest BCUT2D eigenvalue weighted by atomic mass is 31.2. The van der Waals surface area contributed by atoms with Gasteiger partial charge in [0.1, 0.15) is 19.8 Å². The van der Waals surface area contributed by atoms with Gasteiger partial charge in [0.15, 0.2) is 6.10 Å². The predicted molar refractivity (Wildman–Crippen MR) is 165 cm³/mol. The molecule has 0 spiro atoms. The Balaban J connectivity index is 4.38. The number of quaternary nitrogens is 1. The molecule has 0 heterocycles. The van der Waals surface area contributed by atoms with Crippen molar-refractivity contribution in [2.24, 2.45) is 0 Å². The first-order valence-electron chi connectivity index (χ1n) is 16.3. The Kier molecular flexibility index (Phi) is 24.9. The molecular formula is C31H63NO8P+. The largest absolute Gasteiger partial charge is 0.472 e. The lowest BCUT2D eigenvalue weighted by atomic mass is 10.0. The molecule has 0 fully saturated rings. The molecule has 2 unspecified atom stereocenters. The number of carbonyl (C=O) groups is 2. The van der Waals surface area contributed by atoms with E-state index in [0.29, 0.717) is 17.4 Å².